The smallest absolute Gasteiger partial charge is 0.157 e. The molecule has 0 heterocycles. The predicted octanol–water partition coefficient (Wildman–Crippen LogP) is 2.85. The van der Waals surface area contributed by atoms with E-state index in [0.717, 1.165) is 23.3 Å². The highest BCUT2D eigenvalue weighted by molar-refractivity contribution is 5.90. The van der Waals surface area contributed by atoms with E-state index in [2.05, 4.69) is 0 Å². The van der Waals surface area contributed by atoms with Gasteiger partial charge in [-0.2, -0.15) is 0 Å². The molecule has 0 aliphatic rings. The quantitative estimate of drug-likeness (QED) is 0.790. The summed E-state index contributed by atoms with van der Waals surface area (Å²) in [5.41, 5.74) is 1.69. The molecule has 3 heteroatoms. The molecule has 1 aromatic rings. The van der Waals surface area contributed by atoms with E-state index in [9.17, 15) is 4.79 Å². The van der Waals surface area contributed by atoms with Crippen LogP contribution in [-0.4, -0.2) is 37.4 Å². The number of methoxy groups -OCH3 is 1. The van der Waals surface area contributed by atoms with Crippen LogP contribution in [0.25, 0.3) is 0 Å². The van der Waals surface area contributed by atoms with E-state index in [0.29, 0.717) is 6.42 Å². The number of nitrogens with zero attached hydrogens (tertiary/aromatic N) is 1. The molecule has 0 amide bonds. The average molecular weight is 263 g/mol. The molecule has 0 radical (unpaired) electrons. The third kappa shape index (κ3) is 3.35. The Hall–Kier alpha value is -1.35. The topological polar surface area (TPSA) is 29.5 Å². The van der Waals surface area contributed by atoms with Gasteiger partial charge in [0.15, 0.2) is 5.78 Å². The number of carbonyl (C=O) groups excluding carboxylic acids is 1. The number of benzene rings is 1. The van der Waals surface area contributed by atoms with Crippen LogP contribution in [0.1, 0.15) is 31.4 Å². The molecule has 0 spiro atoms. The van der Waals surface area contributed by atoms with Crippen LogP contribution in [0.15, 0.2) is 18.2 Å². The van der Waals surface area contributed by atoms with Crippen LogP contribution in [0.2, 0.25) is 0 Å². The second-order valence-corrected chi connectivity index (χ2v) is 5.44. The Morgan fingerprint density at radius 2 is 2.00 bits per heavy atom. The van der Waals surface area contributed by atoms with E-state index in [1.165, 1.54) is 0 Å². The first-order chi connectivity index (χ1) is 8.85. The molecule has 19 heavy (non-hydrogen) atoms. The van der Waals surface area contributed by atoms with Crippen molar-refractivity contribution in [2.24, 2.45) is 0 Å². The molecular weight excluding hydrogens is 238 g/mol. The van der Waals surface area contributed by atoms with Crippen LogP contribution in [0.5, 0.6) is 5.75 Å². The Morgan fingerprint density at radius 3 is 2.47 bits per heavy atom. The van der Waals surface area contributed by atoms with Crippen molar-refractivity contribution >= 4 is 5.78 Å². The number of carbonyl (C=O) groups is 1. The van der Waals surface area contributed by atoms with Crippen LogP contribution >= 0.6 is 0 Å². The van der Waals surface area contributed by atoms with Gasteiger partial charge in [0.25, 0.3) is 0 Å². The monoisotopic (exact) mass is 263 g/mol. The number of hydrogen-bond acceptors (Lipinski definition) is 3. The zero-order valence-electron chi connectivity index (χ0n) is 12.9. The van der Waals surface area contributed by atoms with Crippen molar-refractivity contribution in [3.63, 3.8) is 0 Å². The number of ether oxygens (including phenoxy) is 1. The molecule has 1 atom stereocenters. The Morgan fingerprint density at radius 1 is 1.37 bits per heavy atom. The van der Waals surface area contributed by atoms with Gasteiger partial charge in [0, 0.05) is 12.0 Å². The first-order valence-corrected chi connectivity index (χ1v) is 6.69. The highest BCUT2D eigenvalue weighted by Gasteiger charge is 2.33. The summed E-state index contributed by atoms with van der Waals surface area (Å²) in [5.74, 6) is 1.01. The molecule has 1 unspecified atom stereocenters. The summed E-state index contributed by atoms with van der Waals surface area (Å²) in [6.07, 6.45) is 1.21. The minimum Gasteiger partial charge on any atom is -0.496 e. The summed E-state index contributed by atoms with van der Waals surface area (Å²) in [6.45, 7) is 6.07. The highest BCUT2D eigenvalue weighted by Crippen LogP contribution is 2.25. The molecule has 0 aliphatic heterocycles. The van der Waals surface area contributed by atoms with E-state index in [1.807, 2.05) is 58.0 Å². The van der Waals surface area contributed by atoms with Gasteiger partial charge in [0.2, 0.25) is 0 Å². The van der Waals surface area contributed by atoms with E-state index < -0.39 is 5.54 Å². The lowest BCUT2D eigenvalue weighted by atomic mass is 9.87. The number of hydrogen-bond donors (Lipinski definition) is 0. The number of aryl methyl sites for hydroxylation is 1. The lowest BCUT2D eigenvalue weighted by Crippen LogP contribution is -2.48. The first-order valence-electron chi connectivity index (χ1n) is 6.69. The minimum atomic E-state index is -0.422. The average Bonchev–Trinajstić information content (AvgIpc) is 2.37. The van der Waals surface area contributed by atoms with Crippen molar-refractivity contribution in [1.29, 1.82) is 0 Å². The van der Waals surface area contributed by atoms with Gasteiger partial charge in [-0.05, 0) is 40.4 Å². The maximum atomic E-state index is 12.6. The fourth-order valence-corrected chi connectivity index (χ4v) is 2.17. The maximum Gasteiger partial charge on any atom is 0.157 e. The van der Waals surface area contributed by atoms with Gasteiger partial charge < -0.3 is 4.74 Å². The Kier molecular flexibility index (Phi) is 5.12. The van der Waals surface area contributed by atoms with Crippen molar-refractivity contribution in [3.8, 4) is 5.75 Å². The van der Waals surface area contributed by atoms with Crippen molar-refractivity contribution < 1.29 is 9.53 Å². The maximum absolute atomic E-state index is 12.6. The summed E-state index contributed by atoms with van der Waals surface area (Å²) in [5, 5.41) is 0. The fourth-order valence-electron chi connectivity index (χ4n) is 2.17. The molecule has 0 saturated carbocycles. The van der Waals surface area contributed by atoms with E-state index >= 15 is 0 Å². The van der Waals surface area contributed by atoms with Gasteiger partial charge in [-0.3, -0.25) is 9.69 Å². The van der Waals surface area contributed by atoms with Crippen LogP contribution in [0.4, 0.5) is 0 Å². The molecule has 1 rings (SSSR count). The van der Waals surface area contributed by atoms with Crippen molar-refractivity contribution in [2.75, 3.05) is 21.2 Å². The largest absolute Gasteiger partial charge is 0.496 e. The molecule has 106 valence electrons. The Bertz CT molecular complexity index is 454. The van der Waals surface area contributed by atoms with Crippen molar-refractivity contribution in [2.45, 2.75) is 39.2 Å². The van der Waals surface area contributed by atoms with Crippen molar-refractivity contribution in [1.82, 2.24) is 4.90 Å². The van der Waals surface area contributed by atoms with Gasteiger partial charge in [0.05, 0.1) is 12.6 Å². The number of Topliss-reactive ketones (excluding diaryl/α,β-unsaturated/α-hetero) is 1. The fraction of sp³-hybridized carbons (Fsp3) is 0.562. The number of ketones is 1. The van der Waals surface area contributed by atoms with Gasteiger partial charge in [0.1, 0.15) is 5.75 Å². The SMILES string of the molecule is CCC(C)(C(=O)Cc1cc(C)ccc1OC)N(C)C. The Balaban J connectivity index is 3.02. The minimum absolute atomic E-state index is 0.226. The molecule has 0 fully saturated rings. The molecule has 0 bridgehead atoms. The molecule has 0 saturated heterocycles. The summed E-state index contributed by atoms with van der Waals surface area (Å²) >= 11 is 0. The zero-order chi connectivity index (χ0) is 14.6. The molecule has 0 aromatic heterocycles. The lowest BCUT2D eigenvalue weighted by molar-refractivity contribution is -0.128. The van der Waals surface area contributed by atoms with Crippen LogP contribution in [0, 0.1) is 6.92 Å². The van der Waals surface area contributed by atoms with Crippen LogP contribution in [0.3, 0.4) is 0 Å². The highest BCUT2D eigenvalue weighted by atomic mass is 16.5. The zero-order valence-corrected chi connectivity index (χ0v) is 12.9. The van der Waals surface area contributed by atoms with E-state index in [-0.39, 0.29) is 5.78 Å². The normalized spacial score (nSPS) is 14.3. The second kappa shape index (κ2) is 6.20. The third-order valence-electron chi connectivity index (χ3n) is 4.06. The van der Waals surface area contributed by atoms with Gasteiger partial charge >= 0.3 is 0 Å². The summed E-state index contributed by atoms with van der Waals surface area (Å²) < 4.78 is 5.34. The summed E-state index contributed by atoms with van der Waals surface area (Å²) in [7, 11) is 5.55. The lowest BCUT2D eigenvalue weighted by Gasteiger charge is -2.34. The molecule has 0 N–H and O–H groups in total. The standard InChI is InChI=1S/C16H25NO2/c1-7-16(3,17(4)5)15(18)11-13-10-12(2)8-9-14(13)19-6/h8-10H,7,11H2,1-6H3. The molecule has 3 nitrogen and oxygen atoms in total. The predicted molar refractivity (Wildman–Crippen MR) is 78.8 cm³/mol. The third-order valence-corrected chi connectivity index (χ3v) is 4.06. The molecular formula is C16H25NO2. The van der Waals surface area contributed by atoms with Crippen molar-refractivity contribution in [3.05, 3.63) is 29.3 Å². The summed E-state index contributed by atoms with van der Waals surface area (Å²) in [6, 6.07) is 5.96. The number of likely N-dealkylation sites (N-methyl/N-ethyl adjacent to an activating group) is 1. The molecule has 0 aliphatic carbocycles. The second-order valence-electron chi connectivity index (χ2n) is 5.44. The van der Waals surface area contributed by atoms with E-state index in [1.54, 1.807) is 7.11 Å². The van der Waals surface area contributed by atoms with E-state index in [4.69, 9.17) is 4.74 Å². The first kappa shape index (κ1) is 15.7. The Labute approximate surface area is 116 Å². The van der Waals surface area contributed by atoms with Gasteiger partial charge in [-0.15, -0.1) is 0 Å². The van der Waals surface area contributed by atoms with Crippen LogP contribution < -0.4 is 4.74 Å². The summed E-state index contributed by atoms with van der Waals surface area (Å²) in [4.78, 5) is 14.6. The number of rotatable bonds is 6. The van der Waals surface area contributed by atoms with Gasteiger partial charge in [-0.25, -0.2) is 0 Å². The van der Waals surface area contributed by atoms with Crippen LogP contribution in [-0.2, 0) is 11.2 Å². The molecule has 1 aromatic carbocycles. The van der Waals surface area contributed by atoms with Gasteiger partial charge in [-0.1, -0.05) is 24.6 Å².